The Morgan fingerprint density at radius 3 is 0.952 bits per heavy atom. The molecule has 0 unspecified atom stereocenters. The van der Waals surface area contributed by atoms with E-state index in [1.165, 1.54) is 216 Å². The first-order chi connectivity index (χ1) is 20.7. The third kappa shape index (κ3) is 25.7. The van der Waals surface area contributed by atoms with Crippen molar-refractivity contribution in [2.75, 3.05) is 26.7 Å². The molecule has 1 rings (SSSR count). The second-order valence-corrected chi connectivity index (χ2v) is 14.2. The molecule has 0 aromatic heterocycles. The highest BCUT2D eigenvalue weighted by molar-refractivity contribution is 5.14. The van der Waals surface area contributed by atoms with Crippen LogP contribution in [0.25, 0.3) is 0 Å². The summed E-state index contributed by atoms with van der Waals surface area (Å²) in [6, 6.07) is 11.2. The fraction of sp³-hybridized carbons (Fsp3) is 0.854. The molecule has 0 bridgehead atoms. The summed E-state index contributed by atoms with van der Waals surface area (Å²) in [4.78, 5) is 0. The van der Waals surface area contributed by atoms with Crippen molar-refractivity contribution in [2.45, 2.75) is 200 Å². The van der Waals surface area contributed by atoms with Gasteiger partial charge in [0.1, 0.15) is 0 Å². The van der Waals surface area contributed by atoms with Gasteiger partial charge in [-0.3, -0.25) is 0 Å². The van der Waals surface area contributed by atoms with Gasteiger partial charge in [-0.25, -0.2) is 0 Å². The first kappa shape index (κ1) is 39.2. The Morgan fingerprint density at radius 1 is 0.357 bits per heavy atom. The summed E-state index contributed by atoms with van der Waals surface area (Å²) < 4.78 is 1.28. The molecule has 0 radical (unpaired) electrons. The number of hydrogen-bond acceptors (Lipinski definition) is 0. The molecule has 0 atom stereocenters. The zero-order chi connectivity index (χ0) is 30.2. The van der Waals surface area contributed by atoms with Crippen molar-refractivity contribution < 1.29 is 4.48 Å². The van der Waals surface area contributed by atoms with Crippen LogP contribution >= 0.6 is 0 Å². The van der Waals surface area contributed by atoms with Crippen molar-refractivity contribution >= 4 is 0 Å². The van der Waals surface area contributed by atoms with Crippen molar-refractivity contribution in [3.8, 4) is 0 Å². The lowest BCUT2D eigenvalue weighted by atomic mass is 10.0. The third-order valence-corrected chi connectivity index (χ3v) is 9.89. The molecule has 1 heteroatoms. The van der Waals surface area contributed by atoms with Crippen molar-refractivity contribution in [1.29, 1.82) is 0 Å². The molecule has 0 saturated heterocycles. The van der Waals surface area contributed by atoms with E-state index in [2.05, 4.69) is 51.2 Å². The van der Waals surface area contributed by atoms with Crippen LogP contribution in [-0.2, 0) is 6.42 Å². The Bertz CT molecular complexity index is 606. The number of quaternary nitrogens is 1. The smallest absolute Gasteiger partial charge is 0.0825 e. The molecule has 1 nitrogen and oxygen atoms in total. The molecule has 1 aromatic carbocycles. The maximum atomic E-state index is 2.56. The van der Waals surface area contributed by atoms with Gasteiger partial charge in [0, 0.05) is 6.42 Å². The van der Waals surface area contributed by atoms with Crippen molar-refractivity contribution in [3.63, 3.8) is 0 Å². The fourth-order valence-corrected chi connectivity index (χ4v) is 6.76. The second kappa shape index (κ2) is 30.2. The van der Waals surface area contributed by atoms with Gasteiger partial charge in [0.2, 0.25) is 0 Å². The van der Waals surface area contributed by atoms with E-state index in [1.807, 2.05) is 0 Å². The van der Waals surface area contributed by atoms with Crippen molar-refractivity contribution in [1.82, 2.24) is 0 Å². The highest BCUT2D eigenvalue weighted by Crippen LogP contribution is 2.17. The molecule has 0 aliphatic carbocycles. The molecule has 0 fully saturated rings. The van der Waals surface area contributed by atoms with Gasteiger partial charge in [-0.15, -0.1) is 0 Å². The van der Waals surface area contributed by atoms with Gasteiger partial charge in [0.25, 0.3) is 0 Å². The van der Waals surface area contributed by atoms with E-state index in [9.17, 15) is 0 Å². The SMILES string of the molecule is CCCCCCCCCCCCCCCC[N+](C)(CCCCCCCCCCCCCCCC)CCc1ccccc1. The molecule has 1 aromatic rings. The predicted octanol–water partition coefficient (Wildman–Crippen LogP) is 13.6. The van der Waals surface area contributed by atoms with Gasteiger partial charge < -0.3 is 4.48 Å². The number of hydrogen-bond donors (Lipinski definition) is 0. The van der Waals surface area contributed by atoms with Crippen LogP contribution < -0.4 is 0 Å². The van der Waals surface area contributed by atoms with Crippen LogP contribution in [0.2, 0.25) is 0 Å². The summed E-state index contributed by atoms with van der Waals surface area (Å²) in [6.45, 7) is 8.68. The summed E-state index contributed by atoms with van der Waals surface area (Å²) >= 11 is 0. The van der Waals surface area contributed by atoms with E-state index in [1.54, 1.807) is 0 Å². The molecular formula is C41H78N+. The van der Waals surface area contributed by atoms with Gasteiger partial charge in [0.15, 0.2) is 0 Å². The molecule has 42 heavy (non-hydrogen) atoms. The minimum Gasteiger partial charge on any atom is -0.326 e. The average molecular weight is 585 g/mol. The molecule has 0 amide bonds. The van der Waals surface area contributed by atoms with E-state index in [-0.39, 0.29) is 0 Å². The topological polar surface area (TPSA) is 0 Å². The first-order valence-electron chi connectivity index (χ1n) is 19.6. The van der Waals surface area contributed by atoms with Crippen molar-refractivity contribution in [2.24, 2.45) is 0 Å². The first-order valence-corrected chi connectivity index (χ1v) is 19.6. The average Bonchev–Trinajstić information content (AvgIpc) is 3.01. The zero-order valence-electron chi connectivity index (χ0n) is 29.5. The number of nitrogens with zero attached hydrogens (tertiary/aromatic N) is 1. The summed E-state index contributed by atoms with van der Waals surface area (Å²) in [5.41, 5.74) is 1.52. The maximum Gasteiger partial charge on any atom is 0.0825 e. The second-order valence-electron chi connectivity index (χ2n) is 14.2. The minimum absolute atomic E-state index is 1.23. The lowest BCUT2D eigenvalue weighted by Crippen LogP contribution is -2.47. The van der Waals surface area contributed by atoms with Crippen molar-refractivity contribution in [3.05, 3.63) is 35.9 Å². The molecular weight excluding hydrogens is 506 g/mol. The Balaban J connectivity index is 2.12. The lowest BCUT2D eigenvalue weighted by molar-refractivity contribution is -0.909. The normalized spacial score (nSPS) is 11.9. The van der Waals surface area contributed by atoms with Gasteiger partial charge in [-0.2, -0.15) is 0 Å². The van der Waals surface area contributed by atoms with E-state index in [4.69, 9.17) is 0 Å². The number of unbranched alkanes of at least 4 members (excludes halogenated alkanes) is 26. The van der Waals surface area contributed by atoms with Gasteiger partial charge in [-0.05, 0) is 31.2 Å². The Kier molecular flexibility index (Phi) is 28.2. The van der Waals surface area contributed by atoms with Crippen LogP contribution in [0.15, 0.2) is 30.3 Å². The predicted molar refractivity (Wildman–Crippen MR) is 192 cm³/mol. The van der Waals surface area contributed by atoms with Gasteiger partial charge in [-0.1, -0.05) is 198 Å². The molecule has 246 valence electrons. The van der Waals surface area contributed by atoms with Crippen LogP contribution in [0, 0.1) is 0 Å². The molecule has 0 aliphatic rings. The van der Waals surface area contributed by atoms with Gasteiger partial charge >= 0.3 is 0 Å². The van der Waals surface area contributed by atoms with E-state index in [0.717, 1.165) is 0 Å². The van der Waals surface area contributed by atoms with E-state index in [0.29, 0.717) is 0 Å². The maximum absolute atomic E-state index is 2.56. The largest absolute Gasteiger partial charge is 0.326 e. The molecule has 0 saturated carbocycles. The van der Waals surface area contributed by atoms with E-state index >= 15 is 0 Å². The standard InChI is InChI=1S/C41H78N/c1-4-6-8-10-12-14-16-18-20-22-24-26-28-33-38-42(3,40-37-41-35-31-30-32-36-41)39-34-29-27-25-23-21-19-17-15-13-11-9-7-5-2/h30-32,35-36H,4-29,33-34,37-40H2,1-3H3/q+1. The van der Waals surface area contributed by atoms with Crippen LogP contribution in [-0.4, -0.2) is 31.2 Å². The summed E-state index contributed by atoms with van der Waals surface area (Å²) in [5.74, 6) is 0. The van der Waals surface area contributed by atoms with Crippen LogP contribution in [0.5, 0.6) is 0 Å². The zero-order valence-corrected chi connectivity index (χ0v) is 29.5. The fourth-order valence-electron chi connectivity index (χ4n) is 6.76. The molecule has 0 heterocycles. The molecule has 0 spiro atoms. The molecule has 0 N–H and O–H groups in total. The van der Waals surface area contributed by atoms with Gasteiger partial charge in [0.05, 0.1) is 26.7 Å². The molecule has 0 aliphatic heterocycles. The summed E-state index contributed by atoms with van der Waals surface area (Å²) in [5, 5.41) is 0. The highest BCUT2D eigenvalue weighted by Gasteiger charge is 2.20. The summed E-state index contributed by atoms with van der Waals surface area (Å²) in [7, 11) is 2.56. The Labute approximate surface area is 266 Å². The minimum atomic E-state index is 1.23. The Morgan fingerprint density at radius 2 is 0.643 bits per heavy atom. The number of benzene rings is 1. The number of likely N-dealkylation sites (N-methyl/N-ethyl adjacent to an activating group) is 1. The Hall–Kier alpha value is -0.820. The van der Waals surface area contributed by atoms with Crippen LogP contribution in [0.4, 0.5) is 0 Å². The summed E-state index contributed by atoms with van der Waals surface area (Å²) in [6.07, 6.45) is 41.9. The third-order valence-electron chi connectivity index (χ3n) is 9.89. The quantitative estimate of drug-likeness (QED) is 0.0569. The number of rotatable bonds is 33. The van der Waals surface area contributed by atoms with E-state index < -0.39 is 0 Å². The lowest BCUT2D eigenvalue weighted by Gasteiger charge is -2.35. The highest BCUT2D eigenvalue weighted by atomic mass is 15.3. The van der Waals surface area contributed by atoms with Crippen LogP contribution in [0.1, 0.15) is 199 Å². The van der Waals surface area contributed by atoms with Crippen LogP contribution in [0.3, 0.4) is 0 Å². The monoisotopic (exact) mass is 585 g/mol.